The van der Waals surface area contributed by atoms with Gasteiger partial charge in [-0.25, -0.2) is 0 Å². The van der Waals surface area contributed by atoms with Crippen molar-refractivity contribution in [1.29, 1.82) is 0 Å². The minimum atomic E-state index is -0.224. The zero-order valence-electron chi connectivity index (χ0n) is 18.7. The number of nitrogens with zero attached hydrogens (tertiary/aromatic N) is 1. The normalized spacial score (nSPS) is 17.4. The summed E-state index contributed by atoms with van der Waals surface area (Å²) in [6, 6.07) is 17.2. The highest BCUT2D eigenvalue weighted by Gasteiger charge is 2.24. The topological polar surface area (TPSA) is 68.4 Å². The van der Waals surface area contributed by atoms with Gasteiger partial charge in [0.1, 0.15) is 0 Å². The van der Waals surface area contributed by atoms with E-state index < -0.39 is 0 Å². The lowest BCUT2D eigenvalue weighted by Gasteiger charge is -2.21. The van der Waals surface area contributed by atoms with Crippen LogP contribution in [0.3, 0.4) is 0 Å². The number of nitrogens with one attached hydrogen (secondary N) is 2. The molecule has 1 saturated heterocycles. The lowest BCUT2D eigenvalue weighted by Crippen LogP contribution is -2.41. The second kappa shape index (κ2) is 8.85. The number of amides is 1. The fourth-order valence-electron chi connectivity index (χ4n) is 4.50. The molecule has 2 heterocycles. The van der Waals surface area contributed by atoms with Crippen LogP contribution in [-0.4, -0.2) is 45.6 Å². The van der Waals surface area contributed by atoms with Crippen LogP contribution < -0.4 is 5.32 Å². The van der Waals surface area contributed by atoms with Gasteiger partial charge in [0.2, 0.25) is 5.91 Å². The number of hydrogen-bond acceptors (Lipinski definition) is 3. The second-order valence-electron chi connectivity index (χ2n) is 9.72. The van der Waals surface area contributed by atoms with Crippen LogP contribution in [0, 0.1) is 0 Å². The number of rotatable bonds is 6. The Hall–Kier alpha value is -2.63. The fraction of sp³-hybridized carbons (Fsp3) is 0.423. The highest BCUT2D eigenvalue weighted by Crippen LogP contribution is 2.27. The molecule has 0 spiro atoms. The van der Waals surface area contributed by atoms with E-state index in [9.17, 15) is 9.90 Å². The number of aliphatic hydroxyl groups excluding tert-OH is 1. The molecule has 1 aliphatic heterocycles. The molecule has 0 aliphatic carbocycles. The Balaban J connectivity index is 1.51. The van der Waals surface area contributed by atoms with Gasteiger partial charge in [-0.2, -0.15) is 0 Å². The van der Waals surface area contributed by atoms with E-state index in [0.29, 0.717) is 6.42 Å². The molecule has 31 heavy (non-hydrogen) atoms. The molecule has 5 nitrogen and oxygen atoms in total. The Kier molecular flexibility index (Phi) is 6.17. The first-order chi connectivity index (χ1) is 14.8. The monoisotopic (exact) mass is 419 g/mol. The standard InChI is InChI=1S/C26H33N3O2/c1-26(2,3)28-25(31)13-18-6-4-7-19(12-18)20-9-10-24-21(14-20)15-22(27-24)16-29-11-5-8-23(29)17-30/h4,6-7,9-10,12,14-15,23,27,30H,5,8,11,13,16-17H2,1-3H3,(H,28,31)/t23-/m1/s1. The average molecular weight is 420 g/mol. The van der Waals surface area contributed by atoms with Gasteiger partial charge in [-0.05, 0) is 75.0 Å². The maximum atomic E-state index is 12.3. The summed E-state index contributed by atoms with van der Waals surface area (Å²) in [7, 11) is 0. The van der Waals surface area contributed by atoms with Gasteiger partial charge in [0.15, 0.2) is 0 Å². The van der Waals surface area contributed by atoms with E-state index in [4.69, 9.17) is 0 Å². The summed E-state index contributed by atoms with van der Waals surface area (Å²) < 4.78 is 0. The minimum absolute atomic E-state index is 0.0403. The summed E-state index contributed by atoms with van der Waals surface area (Å²) in [5.74, 6) is 0.0403. The summed E-state index contributed by atoms with van der Waals surface area (Å²) in [6.07, 6.45) is 2.61. The van der Waals surface area contributed by atoms with Crippen LogP contribution in [0.15, 0.2) is 48.5 Å². The Bertz CT molecular complexity index is 1060. The van der Waals surface area contributed by atoms with Crippen molar-refractivity contribution in [1.82, 2.24) is 15.2 Å². The summed E-state index contributed by atoms with van der Waals surface area (Å²) in [6.45, 7) is 8.10. The molecule has 0 saturated carbocycles. The molecule has 5 heteroatoms. The molecule has 3 aromatic rings. The molecule has 0 unspecified atom stereocenters. The summed E-state index contributed by atoms with van der Waals surface area (Å²) >= 11 is 0. The molecule has 1 amide bonds. The molecule has 164 valence electrons. The second-order valence-corrected chi connectivity index (χ2v) is 9.72. The Morgan fingerprint density at radius 1 is 1.16 bits per heavy atom. The van der Waals surface area contributed by atoms with Gasteiger partial charge < -0.3 is 15.4 Å². The molecular formula is C26H33N3O2. The molecule has 3 N–H and O–H groups in total. The number of aromatic nitrogens is 1. The van der Waals surface area contributed by atoms with Gasteiger partial charge in [-0.1, -0.05) is 30.3 Å². The number of H-pyrrole nitrogens is 1. The van der Waals surface area contributed by atoms with Crippen LogP contribution >= 0.6 is 0 Å². The minimum Gasteiger partial charge on any atom is -0.395 e. The van der Waals surface area contributed by atoms with Gasteiger partial charge in [-0.3, -0.25) is 9.69 Å². The largest absolute Gasteiger partial charge is 0.395 e. The number of aromatic amines is 1. The van der Waals surface area contributed by atoms with E-state index in [0.717, 1.165) is 48.1 Å². The van der Waals surface area contributed by atoms with Crippen molar-refractivity contribution in [2.75, 3.05) is 13.2 Å². The van der Waals surface area contributed by atoms with Crippen molar-refractivity contribution in [3.63, 3.8) is 0 Å². The Morgan fingerprint density at radius 3 is 2.74 bits per heavy atom. The first-order valence-corrected chi connectivity index (χ1v) is 11.2. The van der Waals surface area contributed by atoms with Crippen molar-refractivity contribution in [2.45, 2.75) is 58.2 Å². The smallest absolute Gasteiger partial charge is 0.224 e. The van der Waals surface area contributed by atoms with Gasteiger partial charge in [0.25, 0.3) is 0 Å². The van der Waals surface area contributed by atoms with Crippen LogP contribution in [0.5, 0.6) is 0 Å². The fourth-order valence-corrected chi connectivity index (χ4v) is 4.50. The molecule has 1 atom stereocenters. The number of carbonyl (C=O) groups excluding carboxylic acids is 1. The van der Waals surface area contributed by atoms with E-state index in [1.54, 1.807) is 0 Å². The van der Waals surface area contributed by atoms with Crippen molar-refractivity contribution < 1.29 is 9.90 Å². The van der Waals surface area contributed by atoms with Gasteiger partial charge in [0.05, 0.1) is 13.0 Å². The number of likely N-dealkylation sites (tertiary alicyclic amines) is 1. The summed E-state index contributed by atoms with van der Waals surface area (Å²) in [5.41, 5.74) is 5.35. The molecular weight excluding hydrogens is 386 g/mol. The number of hydrogen-bond donors (Lipinski definition) is 3. The van der Waals surface area contributed by atoms with E-state index in [1.807, 2.05) is 32.9 Å². The molecule has 1 aromatic heterocycles. The zero-order valence-corrected chi connectivity index (χ0v) is 18.7. The van der Waals surface area contributed by atoms with E-state index >= 15 is 0 Å². The molecule has 4 rings (SSSR count). The van der Waals surface area contributed by atoms with Crippen LogP contribution in [0.25, 0.3) is 22.0 Å². The van der Waals surface area contributed by atoms with Gasteiger partial charge >= 0.3 is 0 Å². The maximum Gasteiger partial charge on any atom is 0.224 e. The molecule has 0 radical (unpaired) electrons. The summed E-state index contributed by atoms with van der Waals surface area (Å²) in [5, 5.41) is 13.8. The SMILES string of the molecule is CC(C)(C)NC(=O)Cc1cccc(-c2ccc3[nH]c(CN4CCC[C@@H]4CO)cc3c2)c1. The molecule has 1 aliphatic rings. The highest BCUT2D eigenvalue weighted by atomic mass is 16.3. The number of benzene rings is 2. The van der Waals surface area contributed by atoms with Crippen LogP contribution in [-0.2, 0) is 17.8 Å². The number of aliphatic hydroxyl groups is 1. The van der Waals surface area contributed by atoms with Crippen molar-refractivity contribution in [3.05, 3.63) is 59.8 Å². The zero-order chi connectivity index (χ0) is 22.0. The lowest BCUT2D eigenvalue weighted by atomic mass is 10.00. The van der Waals surface area contributed by atoms with E-state index in [2.05, 4.69) is 51.6 Å². The molecule has 0 bridgehead atoms. The predicted molar refractivity (Wildman–Crippen MR) is 126 cm³/mol. The third kappa shape index (κ3) is 5.35. The average Bonchev–Trinajstić information content (AvgIpc) is 3.32. The Morgan fingerprint density at radius 2 is 1.97 bits per heavy atom. The maximum absolute atomic E-state index is 12.3. The Labute approximate surface area is 184 Å². The third-order valence-electron chi connectivity index (χ3n) is 5.90. The van der Waals surface area contributed by atoms with E-state index in [1.165, 1.54) is 11.1 Å². The van der Waals surface area contributed by atoms with Crippen LogP contribution in [0.2, 0.25) is 0 Å². The molecule has 2 aromatic carbocycles. The predicted octanol–water partition coefficient (Wildman–Crippen LogP) is 4.25. The van der Waals surface area contributed by atoms with Gasteiger partial charge in [-0.15, -0.1) is 0 Å². The first-order valence-electron chi connectivity index (χ1n) is 11.2. The van der Waals surface area contributed by atoms with Crippen molar-refractivity contribution >= 4 is 16.8 Å². The van der Waals surface area contributed by atoms with Gasteiger partial charge in [0, 0.05) is 34.7 Å². The number of carbonyl (C=O) groups is 1. The van der Waals surface area contributed by atoms with Crippen molar-refractivity contribution in [3.8, 4) is 11.1 Å². The lowest BCUT2D eigenvalue weighted by molar-refractivity contribution is -0.121. The van der Waals surface area contributed by atoms with Crippen molar-refractivity contribution in [2.24, 2.45) is 0 Å². The first kappa shape index (κ1) is 21.6. The summed E-state index contributed by atoms with van der Waals surface area (Å²) in [4.78, 5) is 18.2. The van der Waals surface area contributed by atoms with E-state index in [-0.39, 0.29) is 24.1 Å². The third-order valence-corrected chi connectivity index (χ3v) is 5.90. The van der Waals surface area contributed by atoms with Crippen LogP contribution in [0.1, 0.15) is 44.9 Å². The number of fused-ring (bicyclic) bond motifs is 1. The highest BCUT2D eigenvalue weighted by molar-refractivity contribution is 5.86. The quantitative estimate of drug-likeness (QED) is 0.560. The van der Waals surface area contributed by atoms with Crippen LogP contribution in [0.4, 0.5) is 0 Å². The molecule has 1 fully saturated rings.